The Kier molecular flexibility index (Phi) is 4.94. The number of thiophene rings is 2. The zero-order valence-corrected chi connectivity index (χ0v) is 14.3. The van der Waals surface area contributed by atoms with Crippen LogP contribution in [0.1, 0.15) is 16.1 Å². The van der Waals surface area contributed by atoms with Crippen molar-refractivity contribution >= 4 is 40.3 Å². The van der Waals surface area contributed by atoms with Crippen LogP contribution in [-0.2, 0) is 0 Å². The van der Waals surface area contributed by atoms with Gasteiger partial charge in [-0.05, 0) is 35.9 Å². The highest BCUT2D eigenvalue weighted by Crippen LogP contribution is 2.36. The van der Waals surface area contributed by atoms with E-state index in [0.29, 0.717) is 10.6 Å². The minimum absolute atomic E-state index is 0.141. The van der Waals surface area contributed by atoms with Crippen molar-refractivity contribution in [1.82, 2.24) is 16.0 Å². The van der Waals surface area contributed by atoms with Gasteiger partial charge in [0.25, 0.3) is 5.91 Å². The van der Waals surface area contributed by atoms with Crippen LogP contribution >= 0.6 is 22.7 Å². The second kappa shape index (κ2) is 7.12. The molecule has 3 rings (SSSR count). The van der Waals surface area contributed by atoms with E-state index in [2.05, 4.69) is 21.3 Å². The molecule has 1 aliphatic rings. The van der Waals surface area contributed by atoms with Gasteiger partial charge >= 0.3 is 6.03 Å². The summed E-state index contributed by atoms with van der Waals surface area (Å²) in [6, 6.07) is 3.66. The molecule has 2 aromatic rings. The molecule has 3 amide bonds. The van der Waals surface area contributed by atoms with Gasteiger partial charge in [-0.3, -0.25) is 4.79 Å². The third-order valence-electron chi connectivity index (χ3n) is 3.61. The van der Waals surface area contributed by atoms with E-state index in [1.165, 1.54) is 11.3 Å². The van der Waals surface area contributed by atoms with Gasteiger partial charge < -0.3 is 21.3 Å². The quantitative estimate of drug-likeness (QED) is 0.683. The number of carbonyl (C=O) groups is 2. The molecular formula is C15H18N4O2S2. The Morgan fingerprint density at radius 3 is 2.91 bits per heavy atom. The van der Waals surface area contributed by atoms with Crippen molar-refractivity contribution in [1.29, 1.82) is 0 Å². The highest BCUT2D eigenvalue weighted by Gasteiger charge is 2.22. The average Bonchev–Trinajstić information content (AvgIpc) is 3.28. The predicted molar refractivity (Wildman–Crippen MR) is 94.5 cm³/mol. The maximum absolute atomic E-state index is 12.6. The Morgan fingerprint density at radius 2 is 2.26 bits per heavy atom. The molecule has 1 atom stereocenters. The van der Waals surface area contributed by atoms with Crippen LogP contribution in [0.5, 0.6) is 0 Å². The number of hydrogen-bond donors (Lipinski definition) is 4. The molecule has 4 N–H and O–H groups in total. The molecule has 8 heteroatoms. The fraction of sp³-hybridized carbons (Fsp3) is 0.333. The molecule has 1 unspecified atom stereocenters. The van der Waals surface area contributed by atoms with Gasteiger partial charge in [0.05, 0.1) is 5.69 Å². The summed E-state index contributed by atoms with van der Waals surface area (Å²) in [6.45, 7) is 1.70. The molecule has 0 saturated carbocycles. The van der Waals surface area contributed by atoms with Gasteiger partial charge in [0, 0.05) is 30.1 Å². The van der Waals surface area contributed by atoms with Crippen molar-refractivity contribution in [3.63, 3.8) is 0 Å². The molecule has 3 heterocycles. The van der Waals surface area contributed by atoms with Crippen molar-refractivity contribution in [2.75, 3.05) is 25.5 Å². The second-order valence-electron chi connectivity index (χ2n) is 5.23. The summed E-state index contributed by atoms with van der Waals surface area (Å²) < 4.78 is 0. The van der Waals surface area contributed by atoms with E-state index in [4.69, 9.17) is 0 Å². The summed E-state index contributed by atoms with van der Waals surface area (Å²) in [5, 5.41) is 15.5. The largest absolute Gasteiger partial charge is 0.347 e. The minimum atomic E-state index is -0.337. The number of urea groups is 1. The first-order valence-corrected chi connectivity index (χ1v) is 9.10. The van der Waals surface area contributed by atoms with Crippen LogP contribution < -0.4 is 21.3 Å². The number of amides is 3. The second-order valence-corrected chi connectivity index (χ2v) is 7.07. The van der Waals surface area contributed by atoms with Gasteiger partial charge in [0.2, 0.25) is 0 Å². The molecule has 2 aromatic heterocycles. The zero-order valence-electron chi connectivity index (χ0n) is 12.6. The van der Waals surface area contributed by atoms with Gasteiger partial charge in [-0.2, -0.15) is 11.3 Å². The summed E-state index contributed by atoms with van der Waals surface area (Å²) in [5.41, 5.74) is 1.60. The standard InChI is InChI=1S/C15H18N4O2S2/c1-16-15(21)19-11-6-12(9-3-5-22-8-9)23-13(11)14(20)18-10-2-4-17-7-10/h3,5-6,8,10,17H,2,4,7H2,1H3,(H,18,20)(H2,16,19,21). The van der Waals surface area contributed by atoms with Crippen LogP contribution in [0.25, 0.3) is 10.4 Å². The van der Waals surface area contributed by atoms with Gasteiger partial charge in [-0.25, -0.2) is 4.79 Å². The smallest absolute Gasteiger partial charge is 0.319 e. The van der Waals surface area contributed by atoms with E-state index < -0.39 is 0 Å². The molecule has 0 aromatic carbocycles. The first-order chi connectivity index (χ1) is 11.2. The van der Waals surface area contributed by atoms with Crippen molar-refractivity contribution in [2.45, 2.75) is 12.5 Å². The molecule has 1 fully saturated rings. The molecule has 0 bridgehead atoms. The summed E-state index contributed by atoms with van der Waals surface area (Å²) in [5.74, 6) is -0.142. The lowest BCUT2D eigenvalue weighted by Crippen LogP contribution is -2.36. The first kappa shape index (κ1) is 16.0. The summed E-state index contributed by atoms with van der Waals surface area (Å²) in [4.78, 5) is 25.7. The molecule has 0 aliphatic carbocycles. The number of rotatable bonds is 4. The highest BCUT2D eigenvalue weighted by atomic mass is 32.1. The Hall–Kier alpha value is -1.90. The van der Waals surface area contributed by atoms with E-state index >= 15 is 0 Å². The molecule has 1 saturated heterocycles. The predicted octanol–water partition coefficient (Wildman–Crippen LogP) is 2.32. The van der Waals surface area contributed by atoms with Crippen molar-refractivity contribution in [2.24, 2.45) is 0 Å². The van der Waals surface area contributed by atoms with E-state index in [1.807, 2.05) is 22.9 Å². The Balaban J connectivity index is 1.86. The molecule has 0 spiro atoms. The van der Waals surface area contributed by atoms with E-state index in [1.54, 1.807) is 18.4 Å². The Morgan fingerprint density at radius 1 is 1.39 bits per heavy atom. The van der Waals surface area contributed by atoms with E-state index in [-0.39, 0.29) is 18.0 Å². The zero-order chi connectivity index (χ0) is 16.2. The fourth-order valence-electron chi connectivity index (χ4n) is 2.41. The monoisotopic (exact) mass is 350 g/mol. The maximum Gasteiger partial charge on any atom is 0.319 e. The topological polar surface area (TPSA) is 82.3 Å². The lowest BCUT2D eigenvalue weighted by atomic mass is 10.2. The van der Waals surface area contributed by atoms with Crippen LogP contribution in [0.3, 0.4) is 0 Å². The lowest BCUT2D eigenvalue weighted by Gasteiger charge is -2.11. The van der Waals surface area contributed by atoms with Crippen LogP contribution in [0.4, 0.5) is 10.5 Å². The third kappa shape index (κ3) is 3.72. The van der Waals surface area contributed by atoms with Crippen molar-refractivity contribution in [3.05, 3.63) is 27.8 Å². The average molecular weight is 350 g/mol. The molecule has 23 heavy (non-hydrogen) atoms. The number of anilines is 1. The van der Waals surface area contributed by atoms with Gasteiger partial charge in [-0.15, -0.1) is 11.3 Å². The normalized spacial score (nSPS) is 17.0. The number of nitrogens with one attached hydrogen (secondary N) is 4. The Bertz CT molecular complexity index is 690. The van der Waals surface area contributed by atoms with Crippen LogP contribution in [0, 0.1) is 0 Å². The van der Waals surface area contributed by atoms with Gasteiger partial charge in [0.1, 0.15) is 4.88 Å². The molecule has 0 radical (unpaired) electrons. The van der Waals surface area contributed by atoms with E-state index in [0.717, 1.165) is 30.0 Å². The Labute approximate surface area is 142 Å². The fourth-order valence-corrected chi connectivity index (χ4v) is 4.16. The van der Waals surface area contributed by atoms with Gasteiger partial charge in [-0.1, -0.05) is 0 Å². The number of hydrogen-bond acceptors (Lipinski definition) is 5. The summed E-state index contributed by atoms with van der Waals surface area (Å²) >= 11 is 2.99. The van der Waals surface area contributed by atoms with Crippen molar-refractivity contribution < 1.29 is 9.59 Å². The first-order valence-electron chi connectivity index (χ1n) is 7.34. The molecule has 122 valence electrons. The molecule has 1 aliphatic heterocycles. The van der Waals surface area contributed by atoms with Crippen molar-refractivity contribution in [3.8, 4) is 10.4 Å². The third-order valence-corrected chi connectivity index (χ3v) is 5.48. The van der Waals surface area contributed by atoms with Crippen LogP contribution in [-0.4, -0.2) is 38.1 Å². The van der Waals surface area contributed by atoms with Crippen LogP contribution in [0.2, 0.25) is 0 Å². The minimum Gasteiger partial charge on any atom is -0.347 e. The highest BCUT2D eigenvalue weighted by molar-refractivity contribution is 7.18. The number of carbonyl (C=O) groups excluding carboxylic acids is 2. The van der Waals surface area contributed by atoms with E-state index in [9.17, 15) is 9.59 Å². The maximum atomic E-state index is 12.6. The van der Waals surface area contributed by atoms with Crippen LogP contribution in [0.15, 0.2) is 22.9 Å². The summed E-state index contributed by atoms with van der Waals surface area (Å²) in [6.07, 6.45) is 0.923. The molecular weight excluding hydrogens is 332 g/mol. The van der Waals surface area contributed by atoms with Gasteiger partial charge in [0.15, 0.2) is 0 Å². The summed E-state index contributed by atoms with van der Waals surface area (Å²) in [7, 11) is 1.55. The SMILES string of the molecule is CNC(=O)Nc1cc(-c2ccsc2)sc1C(=O)NC1CCNC1. The molecule has 6 nitrogen and oxygen atoms in total. The lowest BCUT2D eigenvalue weighted by molar-refractivity contribution is 0.0945.